The van der Waals surface area contributed by atoms with Crippen molar-refractivity contribution in [2.45, 2.75) is 73.0 Å². The van der Waals surface area contributed by atoms with Gasteiger partial charge in [-0.2, -0.15) is 0 Å². The molecule has 0 fully saturated rings. The fourth-order valence-corrected chi connectivity index (χ4v) is 2.53. The maximum absolute atomic E-state index is 12.0. The van der Waals surface area contributed by atoms with Crippen molar-refractivity contribution in [3.8, 4) is 0 Å². The largest absolute Gasteiger partial charge is 0.444 e. The van der Waals surface area contributed by atoms with Crippen LogP contribution in [0.15, 0.2) is 4.99 Å². The molecule has 168 valence electrons. The van der Waals surface area contributed by atoms with Gasteiger partial charge in [0.1, 0.15) is 5.60 Å². The highest BCUT2D eigenvalue weighted by atomic mass is 127. The zero-order chi connectivity index (χ0) is 20.9. The zero-order valence-electron chi connectivity index (χ0n) is 19.3. The molecule has 1 unspecified atom stereocenters. The second-order valence-corrected chi connectivity index (χ2v) is 7.88. The van der Waals surface area contributed by atoms with Gasteiger partial charge in [-0.1, -0.05) is 13.8 Å². The van der Waals surface area contributed by atoms with Gasteiger partial charge in [0.15, 0.2) is 5.96 Å². The molecule has 28 heavy (non-hydrogen) atoms. The highest BCUT2D eigenvalue weighted by Crippen LogP contribution is 2.08. The number of hydrogen-bond acceptors (Lipinski definition) is 4. The summed E-state index contributed by atoms with van der Waals surface area (Å²) in [6, 6.07) is 0.349. The Bertz CT molecular complexity index is 437. The summed E-state index contributed by atoms with van der Waals surface area (Å²) in [4.78, 5) is 20.6. The highest BCUT2D eigenvalue weighted by molar-refractivity contribution is 14.0. The van der Waals surface area contributed by atoms with E-state index in [9.17, 15) is 4.79 Å². The van der Waals surface area contributed by atoms with Crippen LogP contribution in [-0.4, -0.2) is 79.8 Å². The number of guanidine groups is 1. The quantitative estimate of drug-likeness (QED) is 0.251. The molecule has 0 aromatic heterocycles. The zero-order valence-corrected chi connectivity index (χ0v) is 21.6. The average Bonchev–Trinajstić information content (AvgIpc) is 2.57. The van der Waals surface area contributed by atoms with E-state index in [0.29, 0.717) is 19.1 Å². The molecule has 0 heterocycles. The van der Waals surface area contributed by atoms with Crippen LogP contribution in [0.25, 0.3) is 0 Å². The lowest BCUT2D eigenvalue weighted by Gasteiger charge is -2.24. The number of ether oxygens (including phenoxy) is 1. The number of carbonyl (C=O) groups excluding carboxylic acids is 1. The van der Waals surface area contributed by atoms with Gasteiger partial charge >= 0.3 is 6.09 Å². The minimum Gasteiger partial charge on any atom is -0.444 e. The minimum atomic E-state index is -0.480. The van der Waals surface area contributed by atoms with E-state index in [4.69, 9.17) is 4.74 Å². The van der Waals surface area contributed by atoms with Gasteiger partial charge in [-0.15, -0.1) is 24.0 Å². The Balaban J connectivity index is 0. The number of halogens is 1. The standard InChI is InChI=1S/C20H43N5O2.HI/c1-9-21-18(23-17(4)13-12-15-25(10-2)11-3)22-14-16-24(8)19(26)27-20(5,6)7;/h17H,9-16H2,1-8H3,(H2,21,22,23);1H. The Morgan fingerprint density at radius 1 is 1.14 bits per heavy atom. The van der Waals surface area contributed by atoms with Crippen molar-refractivity contribution in [1.29, 1.82) is 0 Å². The third-order valence-corrected chi connectivity index (χ3v) is 4.14. The first kappa shape index (κ1) is 29.4. The molecule has 0 aliphatic rings. The molecule has 0 bridgehead atoms. The van der Waals surface area contributed by atoms with Crippen LogP contribution in [0, 0.1) is 0 Å². The molecule has 0 aliphatic carbocycles. The summed E-state index contributed by atoms with van der Waals surface area (Å²) in [5.74, 6) is 0.797. The van der Waals surface area contributed by atoms with E-state index in [1.165, 1.54) is 0 Å². The Morgan fingerprint density at radius 2 is 1.75 bits per heavy atom. The van der Waals surface area contributed by atoms with Crippen LogP contribution in [0.3, 0.4) is 0 Å². The second kappa shape index (κ2) is 16.1. The maximum atomic E-state index is 12.0. The van der Waals surface area contributed by atoms with Gasteiger partial charge in [0.05, 0.1) is 6.54 Å². The van der Waals surface area contributed by atoms with Crippen LogP contribution in [0.1, 0.15) is 61.3 Å². The molecule has 0 saturated heterocycles. The van der Waals surface area contributed by atoms with E-state index in [0.717, 1.165) is 45.0 Å². The van der Waals surface area contributed by atoms with Crippen molar-refractivity contribution in [1.82, 2.24) is 20.4 Å². The molecule has 8 heteroatoms. The number of nitrogens with one attached hydrogen (secondary N) is 2. The van der Waals surface area contributed by atoms with Gasteiger partial charge in [-0.05, 0) is 67.1 Å². The van der Waals surface area contributed by atoms with Gasteiger partial charge in [0, 0.05) is 26.2 Å². The van der Waals surface area contributed by atoms with Crippen molar-refractivity contribution >= 4 is 36.0 Å². The van der Waals surface area contributed by atoms with Crippen LogP contribution in [-0.2, 0) is 4.74 Å². The number of rotatable bonds is 11. The fraction of sp³-hybridized carbons (Fsp3) is 0.900. The van der Waals surface area contributed by atoms with Gasteiger partial charge in [0.25, 0.3) is 0 Å². The lowest BCUT2D eigenvalue weighted by atomic mass is 10.2. The minimum absolute atomic E-state index is 0. The number of likely N-dealkylation sites (N-methyl/N-ethyl adjacent to an activating group) is 1. The molecule has 7 nitrogen and oxygen atoms in total. The third kappa shape index (κ3) is 15.2. The number of nitrogens with zero attached hydrogens (tertiary/aromatic N) is 3. The molecule has 0 aliphatic heterocycles. The molecule has 1 atom stereocenters. The van der Waals surface area contributed by atoms with Gasteiger partial charge in [-0.3, -0.25) is 4.99 Å². The first-order valence-electron chi connectivity index (χ1n) is 10.3. The predicted molar refractivity (Wildman–Crippen MR) is 130 cm³/mol. The first-order chi connectivity index (χ1) is 12.6. The molecular weight excluding hydrogens is 469 g/mol. The molecule has 0 radical (unpaired) electrons. The third-order valence-electron chi connectivity index (χ3n) is 4.14. The molecule has 0 aromatic rings. The highest BCUT2D eigenvalue weighted by Gasteiger charge is 2.19. The lowest BCUT2D eigenvalue weighted by Crippen LogP contribution is -2.43. The molecule has 2 N–H and O–H groups in total. The normalized spacial score (nSPS) is 13.0. The van der Waals surface area contributed by atoms with E-state index in [1.807, 2.05) is 20.8 Å². The van der Waals surface area contributed by atoms with Crippen LogP contribution >= 0.6 is 24.0 Å². The van der Waals surface area contributed by atoms with E-state index < -0.39 is 5.60 Å². The Labute approximate surface area is 190 Å². The number of hydrogen-bond donors (Lipinski definition) is 2. The number of aliphatic imine (C=N–C) groups is 1. The Morgan fingerprint density at radius 3 is 2.25 bits per heavy atom. The summed E-state index contributed by atoms with van der Waals surface area (Å²) in [5, 5.41) is 6.72. The maximum Gasteiger partial charge on any atom is 0.410 e. The molecule has 0 saturated carbocycles. The SMILES string of the molecule is CCNC(=NCCN(C)C(=O)OC(C)(C)C)NC(C)CCCN(CC)CC.I. The Kier molecular flexibility index (Phi) is 16.9. The monoisotopic (exact) mass is 513 g/mol. The summed E-state index contributed by atoms with van der Waals surface area (Å²) < 4.78 is 5.35. The molecule has 0 rings (SSSR count). The molecular formula is C20H44IN5O2. The second-order valence-electron chi connectivity index (χ2n) is 7.88. The van der Waals surface area contributed by atoms with Crippen LogP contribution in [0.5, 0.6) is 0 Å². The van der Waals surface area contributed by atoms with Crippen molar-refractivity contribution in [2.75, 3.05) is 46.3 Å². The summed E-state index contributed by atoms with van der Waals surface area (Å²) in [6.07, 6.45) is 1.94. The van der Waals surface area contributed by atoms with Crippen LogP contribution < -0.4 is 10.6 Å². The van der Waals surface area contributed by atoms with Crippen molar-refractivity contribution in [2.24, 2.45) is 4.99 Å². The van der Waals surface area contributed by atoms with Crippen LogP contribution in [0.4, 0.5) is 4.79 Å². The summed E-state index contributed by atoms with van der Waals surface area (Å²) in [7, 11) is 1.74. The summed E-state index contributed by atoms with van der Waals surface area (Å²) >= 11 is 0. The van der Waals surface area contributed by atoms with Gasteiger partial charge in [-0.25, -0.2) is 4.79 Å². The number of amides is 1. The van der Waals surface area contributed by atoms with E-state index in [1.54, 1.807) is 11.9 Å². The van der Waals surface area contributed by atoms with E-state index >= 15 is 0 Å². The van der Waals surface area contributed by atoms with E-state index in [2.05, 4.69) is 48.2 Å². The van der Waals surface area contributed by atoms with Crippen LogP contribution in [0.2, 0.25) is 0 Å². The topological polar surface area (TPSA) is 69.2 Å². The summed E-state index contributed by atoms with van der Waals surface area (Å²) in [5.41, 5.74) is -0.480. The smallest absolute Gasteiger partial charge is 0.410 e. The molecule has 1 amide bonds. The van der Waals surface area contributed by atoms with Crippen molar-refractivity contribution in [3.63, 3.8) is 0 Å². The lowest BCUT2D eigenvalue weighted by molar-refractivity contribution is 0.0304. The molecule has 0 aromatic carbocycles. The predicted octanol–water partition coefficient (Wildman–Crippen LogP) is 3.54. The van der Waals surface area contributed by atoms with Crippen molar-refractivity contribution < 1.29 is 9.53 Å². The number of carbonyl (C=O) groups is 1. The van der Waals surface area contributed by atoms with Gasteiger partial charge in [0.2, 0.25) is 0 Å². The average molecular weight is 514 g/mol. The van der Waals surface area contributed by atoms with Crippen molar-refractivity contribution in [3.05, 3.63) is 0 Å². The first-order valence-corrected chi connectivity index (χ1v) is 10.3. The van der Waals surface area contributed by atoms with Gasteiger partial charge < -0.3 is 25.2 Å². The van der Waals surface area contributed by atoms with E-state index in [-0.39, 0.29) is 30.1 Å². The molecule has 0 spiro atoms. The summed E-state index contributed by atoms with van der Waals surface area (Å²) in [6.45, 7) is 19.4. The fourth-order valence-electron chi connectivity index (χ4n) is 2.53. The Hall–Kier alpha value is -0.770.